The second-order valence-electron chi connectivity index (χ2n) is 5.90. The molecule has 0 heterocycles. The van der Waals surface area contributed by atoms with Gasteiger partial charge in [0.25, 0.3) is 5.91 Å². The van der Waals surface area contributed by atoms with Gasteiger partial charge in [0.1, 0.15) is 0 Å². The van der Waals surface area contributed by atoms with E-state index < -0.39 is 10.0 Å². The molecule has 0 unspecified atom stereocenters. The number of carbonyl (C=O) groups excluding carboxylic acids is 1. The van der Waals surface area contributed by atoms with Crippen LogP contribution in [-0.2, 0) is 10.0 Å². The number of nitrogens with one attached hydrogen (secondary N) is 2. The van der Waals surface area contributed by atoms with Crippen molar-refractivity contribution in [3.8, 4) is 0 Å². The summed E-state index contributed by atoms with van der Waals surface area (Å²) in [6.07, 6.45) is 1.45. The fraction of sp³-hybridized carbons (Fsp3) is 0.211. The standard InChI is InChI=1S/C19H22N2O3S/c1-4-11-20-25(23,24)18-10-6-8-16(13-18)19(22)21-17-9-5-7-15(12-17)14(2)3/h4-10,12-14,20H,1,11H2,2-3H3,(H,21,22). The van der Waals surface area contributed by atoms with Gasteiger partial charge < -0.3 is 5.32 Å². The third-order valence-corrected chi connectivity index (χ3v) is 5.06. The van der Waals surface area contributed by atoms with Crippen molar-refractivity contribution in [1.29, 1.82) is 0 Å². The minimum Gasteiger partial charge on any atom is -0.322 e. The number of carbonyl (C=O) groups is 1. The highest BCUT2D eigenvalue weighted by Crippen LogP contribution is 2.19. The van der Waals surface area contributed by atoms with Gasteiger partial charge in [-0.3, -0.25) is 4.79 Å². The van der Waals surface area contributed by atoms with E-state index in [0.29, 0.717) is 11.6 Å². The Balaban J connectivity index is 2.22. The molecule has 0 aromatic heterocycles. The molecule has 0 saturated heterocycles. The van der Waals surface area contributed by atoms with E-state index in [4.69, 9.17) is 0 Å². The molecule has 0 saturated carbocycles. The Labute approximate surface area is 148 Å². The van der Waals surface area contributed by atoms with Gasteiger partial charge in [-0.05, 0) is 41.8 Å². The molecule has 0 radical (unpaired) electrons. The predicted molar refractivity (Wildman–Crippen MR) is 100 cm³/mol. The number of benzene rings is 2. The highest BCUT2D eigenvalue weighted by atomic mass is 32.2. The summed E-state index contributed by atoms with van der Waals surface area (Å²) >= 11 is 0. The van der Waals surface area contributed by atoms with E-state index in [-0.39, 0.29) is 22.9 Å². The lowest BCUT2D eigenvalue weighted by Gasteiger charge is -2.10. The number of rotatable bonds is 7. The van der Waals surface area contributed by atoms with Crippen molar-refractivity contribution in [3.05, 3.63) is 72.3 Å². The maximum atomic E-state index is 12.4. The van der Waals surface area contributed by atoms with Crippen LogP contribution in [0.3, 0.4) is 0 Å². The second-order valence-corrected chi connectivity index (χ2v) is 7.67. The van der Waals surface area contributed by atoms with E-state index in [2.05, 4.69) is 30.5 Å². The summed E-state index contributed by atoms with van der Waals surface area (Å²) in [5, 5.41) is 2.80. The molecule has 0 atom stereocenters. The first-order valence-corrected chi connectivity index (χ1v) is 9.44. The highest BCUT2D eigenvalue weighted by Gasteiger charge is 2.15. The van der Waals surface area contributed by atoms with Gasteiger partial charge in [0.05, 0.1) is 4.90 Å². The van der Waals surface area contributed by atoms with E-state index in [1.54, 1.807) is 18.2 Å². The van der Waals surface area contributed by atoms with Crippen LogP contribution in [0.25, 0.3) is 0 Å². The van der Waals surface area contributed by atoms with Crippen LogP contribution in [0.5, 0.6) is 0 Å². The van der Waals surface area contributed by atoms with Gasteiger partial charge in [0.2, 0.25) is 10.0 Å². The summed E-state index contributed by atoms with van der Waals surface area (Å²) in [5.74, 6) is -0.0112. The average molecular weight is 358 g/mol. The van der Waals surface area contributed by atoms with Crippen LogP contribution >= 0.6 is 0 Å². The molecule has 2 rings (SSSR count). The molecule has 2 aromatic rings. The molecule has 0 aliphatic rings. The van der Waals surface area contributed by atoms with Crippen LogP contribution < -0.4 is 10.0 Å². The van der Waals surface area contributed by atoms with Crippen LogP contribution in [0.15, 0.2) is 66.1 Å². The summed E-state index contributed by atoms with van der Waals surface area (Å²) in [7, 11) is -3.67. The predicted octanol–water partition coefficient (Wildman–Crippen LogP) is 3.53. The molecule has 25 heavy (non-hydrogen) atoms. The first-order valence-electron chi connectivity index (χ1n) is 7.95. The number of anilines is 1. The molecule has 0 aliphatic carbocycles. The second kappa shape index (κ2) is 8.09. The van der Waals surface area contributed by atoms with Gasteiger partial charge >= 0.3 is 0 Å². The van der Waals surface area contributed by atoms with Crippen LogP contribution in [0, 0.1) is 0 Å². The van der Waals surface area contributed by atoms with Gasteiger partial charge in [0, 0.05) is 17.8 Å². The molecule has 0 bridgehead atoms. The van der Waals surface area contributed by atoms with Crippen molar-refractivity contribution in [2.24, 2.45) is 0 Å². The first kappa shape index (κ1) is 18.9. The Morgan fingerprint density at radius 1 is 1.16 bits per heavy atom. The third kappa shape index (κ3) is 5.01. The summed E-state index contributed by atoms with van der Waals surface area (Å²) < 4.78 is 26.7. The third-order valence-electron chi connectivity index (χ3n) is 3.64. The fourth-order valence-corrected chi connectivity index (χ4v) is 3.28. The van der Waals surface area contributed by atoms with E-state index >= 15 is 0 Å². The molecular weight excluding hydrogens is 336 g/mol. The van der Waals surface area contributed by atoms with Gasteiger partial charge in [-0.2, -0.15) is 0 Å². The lowest BCUT2D eigenvalue weighted by molar-refractivity contribution is 0.102. The summed E-state index contributed by atoms with van der Waals surface area (Å²) in [4.78, 5) is 12.5. The maximum Gasteiger partial charge on any atom is 0.255 e. The molecule has 2 aromatic carbocycles. The molecule has 6 heteroatoms. The smallest absolute Gasteiger partial charge is 0.255 e. The Morgan fingerprint density at radius 3 is 2.56 bits per heavy atom. The van der Waals surface area contributed by atoms with Gasteiger partial charge in [-0.25, -0.2) is 13.1 Å². The molecule has 5 nitrogen and oxygen atoms in total. The number of hydrogen-bond donors (Lipinski definition) is 2. The fourth-order valence-electron chi connectivity index (χ4n) is 2.24. The SMILES string of the molecule is C=CCNS(=O)(=O)c1cccc(C(=O)Nc2cccc(C(C)C)c2)c1. The summed E-state index contributed by atoms with van der Waals surface area (Å²) in [6, 6.07) is 13.5. The monoisotopic (exact) mass is 358 g/mol. The van der Waals surface area contributed by atoms with Crippen molar-refractivity contribution in [2.45, 2.75) is 24.7 Å². The van der Waals surface area contributed by atoms with Crippen molar-refractivity contribution >= 4 is 21.6 Å². The maximum absolute atomic E-state index is 12.4. The van der Waals surface area contributed by atoms with Crippen molar-refractivity contribution in [1.82, 2.24) is 4.72 Å². The first-order chi connectivity index (χ1) is 11.8. The number of sulfonamides is 1. The van der Waals surface area contributed by atoms with Crippen LogP contribution in [0.1, 0.15) is 35.7 Å². The molecule has 0 aliphatic heterocycles. The molecule has 1 amide bonds. The number of hydrogen-bond acceptors (Lipinski definition) is 3. The van der Waals surface area contributed by atoms with Crippen LogP contribution in [0.4, 0.5) is 5.69 Å². The van der Waals surface area contributed by atoms with E-state index in [0.717, 1.165) is 5.56 Å². The largest absolute Gasteiger partial charge is 0.322 e. The molecule has 0 fully saturated rings. The van der Waals surface area contributed by atoms with Crippen molar-refractivity contribution < 1.29 is 13.2 Å². The summed E-state index contributed by atoms with van der Waals surface area (Å²) in [5.41, 5.74) is 2.06. The van der Waals surface area contributed by atoms with E-state index in [1.165, 1.54) is 18.2 Å². The zero-order chi connectivity index (χ0) is 18.4. The molecule has 132 valence electrons. The highest BCUT2D eigenvalue weighted by molar-refractivity contribution is 7.89. The topological polar surface area (TPSA) is 75.3 Å². The summed E-state index contributed by atoms with van der Waals surface area (Å²) in [6.45, 7) is 7.75. The zero-order valence-electron chi connectivity index (χ0n) is 14.3. The van der Waals surface area contributed by atoms with Gasteiger partial charge in [-0.1, -0.05) is 38.1 Å². The lowest BCUT2D eigenvalue weighted by atomic mass is 10.0. The molecular formula is C19H22N2O3S. The minimum atomic E-state index is -3.67. The Hall–Kier alpha value is -2.44. The van der Waals surface area contributed by atoms with Crippen LogP contribution in [0.2, 0.25) is 0 Å². The van der Waals surface area contributed by atoms with E-state index in [1.807, 2.05) is 18.2 Å². The Morgan fingerprint density at radius 2 is 1.88 bits per heavy atom. The lowest BCUT2D eigenvalue weighted by Crippen LogP contribution is -2.24. The van der Waals surface area contributed by atoms with Crippen molar-refractivity contribution in [2.75, 3.05) is 11.9 Å². The zero-order valence-corrected chi connectivity index (χ0v) is 15.1. The quantitative estimate of drug-likeness (QED) is 0.744. The average Bonchev–Trinajstić information content (AvgIpc) is 2.60. The molecule has 0 spiro atoms. The Kier molecular flexibility index (Phi) is 6.12. The van der Waals surface area contributed by atoms with Crippen molar-refractivity contribution in [3.63, 3.8) is 0 Å². The van der Waals surface area contributed by atoms with Gasteiger partial charge in [0.15, 0.2) is 0 Å². The normalized spacial score (nSPS) is 11.3. The minimum absolute atomic E-state index is 0.0398. The molecule has 2 N–H and O–H groups in total. The Bertz CT molecular complexity index is 874. The van der Waals surface area contributed by atoms with Gasteiger partial charge in [-0.15, -0.1) is 6.58 Å². The number of amides is 1. The van der Waals surface area contributed by atoms with Crippen LogP contribution in [-0.4, -0.2) is 20.9 Å². The van der Waals surface area contributed by atoms with E-state index in [9.17, 15) is 13.2 Å².